The van der Waals surface area contributed by atoms with E-state index in [4.69, 9.17) is 11.6 Å². The predicted molar refractivity (Wildman–Crippen MR) is 127 cm³/mol. The number of amides is 2. The summed E-state index contributed by atoms with van der Waals surface area (Å²) in [5.41, 5.74) is 1.50. The number of aromatic amines is 1. The van der Waals surface area contributed by atoms with Crippen molar-refractivity contribution in [1.29, 1.82) is 0 Å². The first-order chi connectivity index (χ1) is 13.3. The Morgan fingerprint density at radius 3 is 2.79 bits per heavy atom. The number of benzene rings is 1. The third kappa shape index (κ3) is 5.49. The zero-order valence-corrected chi connectivity index (χ0v) is 20.3. The third-order valence-corrected chi connectivity index (χ3v) is 7.32. The number of nitrogens with one attached hydrogen (secondary N) is 3. The van der Waals surface area contributed by atoms with Crippen molar-refractivity contribution in [1.82, 2.24) is 15.6 Å². The third-order valence-electron chi connectivity index (χ3n) is 4.17. The number of hydrogen-bond donors (Lipinski definition) is 3. The van der Waals surface area contributed by atoms with Gasteiger partial charge in [-0.15, -0.1) is 11.3 Å². The molecule has 3 N–H and O–H groups in total. The SMILES string of the molecule is CC(CCCNC(=O)c1cc(Cl)c(Br)s1)NC(=O)c1cc2cc(I)ccc2[nH]1. The highest BCUT2D eigenvalue weighted by atomic mass is 127. The van der Waals surface area contributed by atoms with Crippen LogP contribution in [-0.2, 0) is 0 Å². The number of aromatic nitrogens is 1. The van der Waals surface area contributed by atoms with E-state index in [0.29, 0.717) is 22.1 Å². The molecule has 0 bridgehead atoms. The van der Waals surface area contributed by atoms with Crippen LogP contribution in [0.3, 0.4) is 0 Å². The molecule has 1 atom stereocenters. The van der Waals surface area contributed by atoms with Crippen LogP contribution in [0.15, 0.2) is 34.1 Å². The molecule has 5 nitrogen and oxygen atoms in total. The summed E-state index contributed by atoms with van der Waals surface area (Å²) >= 11 is 12.8. The Hall–Kier alpha value is -1.10. The van der Waals surface area contributed by atoms with E-state index in [-0.39, 0.29) is 17.9 Å². The second-order valence-corrected chi connectivity index (χ2v) is 10.4. The fourth-order valence-corrected chi connectivity index (χ4v) is 4.89. The van der Waals surface area contributed by atoms with Crippen LogP contribution in [0.2, 0.25) is 5.02 Å². The fourth-order valence-electron chi connectivity index (χ4n) is 2.76. The van der Waals surface area contributed by atoms with E-state index in [1.807, 2.05) is 31.2 Å². The van der Waals surface area contributed by atoms with E-state index in [9.17, 15) is 9.59 Å². The van der Waals surface area contributed by atoms with Crippen LogP contribution in [0.5, 0.6) is 0 Å². The number of fused-ring (bicyclic) bond motifs is 1. The number of carbonyl (C=O) groups excluding carboxylic acids is 2. The van der Waals surface area contributed by atoms with Crippen LogP contribution in [-0.4, -0.2) is 29.4 Å². The maximum Gasteiger partial charge on any atom is 0.267 e. The van der Waals surface area contributed by atoms with Gasteiger partial charge in [-0.2, -0.15) is 0 Å². The molecule has 2 aromatic heterocycles. The smallest absolute Gasteiger partial charge is 0.267 e. The van der Waals surface area contributed by atoms with Crippen LogP contribution >= 0.6 is 61.5 Å². The van der Waals surface area contributed by atoms with Crippen LogP contribution in [0, 0.1) is 3.57 Å². The molecule has 0 saturated heterocycles. The molecule has 2 amide bonds. The summed E-state index contributed by atoms with van der Waals surface area (Å²) in [5.74, 6) is -0.261. The summed E-state index contributed by atoms with van der Waals surface area (Å²) in [6.45, 7) is 2.50. The normalized spacial score (nSPS) is 12.1. The lowest BCUT2D eigenvalue weighted by molar-refractivity contribution is 0.0926. The van der Waals surface area contributed by atoms with Crippen molar-refractivity contribution in [3.63, 3.8) is 0 Å². The highest BCUT2D eigenvalue weighted by Gasteiger charge is 2.14. The van der Waals surface area contributed by atoms with Gasteiger partial charge in [0.05, 0.1) is 13.7 Å². The number of carbonyl (C=O) groups is 2. The molecule has 9 heteroatoms. The summed E-state index contributed by atoms with van der Waals surface area (Å²) < 4.78 is 1.88. The maximum absolute atomic E-state index is 12.4. The van der Waals surface area contributed by atoms with Crippen molar-refractivity contribution >= 4 is 84.2 Å². The van der Waals surface area contributed by atoms with E-state index in [2.05, 4.69) is 54.1 Å². The maximum atomic E-state index is 12.4. The highest BCUT2D eigenvalue weighted by Crippen LogP contribution is 2.31. The molecule has 0 fully saturated rings. The summed E-state index contributed by atoms with van der Waals surface area (Å²) in [5, 5.41) is 7.43. The van der Waals surface area contributed by atoms with Gasteiger partial charge in [-0.1, -0.05) is 11.6 Å². The van der Waals surface area contributed by atoms with Crippen molar-refractivity contribution in [2.45, 2.75) is 25.8 Å². The molecule has 0 aliphatic rings. The van der Waals surface area contributed by atoms with Gasteiger partial charge in [-0.25, -0.2) is 0 Å². The summed E-state index contributed by atoms with van der Waals surface area (Å²) in [7, 11) is 0. The standard InChI is InChI=1S/C19H18BrClIN3O2S/c1-10(3-2-6-23-19(27)16-9-13(21)17(20)28-16)24-18(26)15-8-11-7-12(22)4-5-14(11)25-15/h4-5,7-10,25H,2-3,6H2,1H3,(H,23,27)(H,24,26). The minimum absolute atomic E-state index is 0.00118. The lowest BCUT2D eigenvalue weighted by Gasteiger charge is -2.13. The first-order valence-electron chi connectivity index (χ1n) is 8.65. The molecule has 0 spiro atoms. The van der Waals surface area contributed by atoms with Gasteiger partial charge in [0.15, 0.2) is 0 Å². The molecule has 3 aromatic rings. The predicted octanol–water partition coefficient (Wildman–Crippen LogP) is 5.58. The van der Waals surface area contributed by atoms with E-state index in [1.165, 1.54) is 11.3 Å². The molecular weight excluding hydrogens is 577 g/mol. The van der Waals surface area contributed by atoms with Crippen molar-refractivity contribution in [3.05, 3.63) is 53.3 Å². The molecule has 0 saturated carbocycles. The van der Waals surface area contributed by atoms with Gasteiger partial charge >= 0.3 is 0 Å². The Morgan fingerprint density at radius 2 is 2.07 bits per heavy atom. The van der Waals surface area contributed by atoms with E-state index in [1.54, 1.807) is 6.07 Å². The van der Waals surface area contributed by atoms with Crippen LogP contribution in [0.25, 0.3) is 10.9 Å². The zero-order chi connectivity index (χ0) is 20.3. The Bertz CT molecular complexity index is 1000. The van der Waals surface area contributed by atoms with Gasteiger partial charge in [0, 0.05) is 27.1 Å². The minimum atomic E-state index is -0.137. The first-order valence-corrected chi connectivity index (χ1v) is 11.7. The van der Waals surface area contributed by atoms with Gasteiger partial charge in [-0.3, -0.25) is 9.59 Å². The summed E-state index contributed by atoms with van der Waals surface area (Å²) in [6, 6.07) is 9.52. The minimum Gasteiger partial charge on any atom is -0.351 e. The molecule has 1 unspecified atom stereocenters. The Morgan fingerprint density at radius 1 is 1.29 bits per heavy atom. The lowest BCUT2D eigenvalue weighted by atomic mass is 10.1. The monoisotopic (exact) mass is 593 g/mol. The molecule has 28 heavy (non-hydrogen) atoms. The van der Waals surface area contributed by atoms with Gasteiger partial charge in [-0.05, 0) is 88.6 Å². The molecule has 0 radical (unpaired) electrons. The zero-order valence-electron chi connectivity index (χ0n) is 14.9. The van der Waals surface area contributed by atoms with E-state index >= 15 is 0 Å². The lowest BCUT2D eigenvalue weighted by Crippen LogP contribution is -2.33. The van der Waals surface area contributed by atoms with Gasteiger partial charge in [0.2, 0.25) is 0 Å². The number of halogens is 3. The molecular formula is C19H18BrClIN3O2S. The van der Waals surface area contributed by atoms with Crippen molar-refractivity contribution in [2.24, 2.45) is 0 Å². The topological polar surface area (TPSA) is 74.0 Å². The number of H-pyrrole nitrogens is 1. The van der Waals surface area contributed by atoms with E-state index < -0.39 is 0 Å². The fraction of sp³-hybridized carbons (Fsp3) is 0.263. The molecule has 1 aromatic carbocycles. The largest absolute Gasteiger partial charge is 0.351 e. The molecule has 148 valence electrons. The number of rotatable bonds is 7. The Labute approximate surface area is 193 Å². The summed E-state index contributed by atoms with van der Waals surface area (Å²) in [4.78, 5) is 28.2. The Kier molecular flexibility index (Phi) is 7.41. The molecule has 0 aliphatic carbocycles. The van der Waals surface area contributed by atoms with Crippen LogP contribution < -0.4 is 10.6 Å². The van der Waals surface area contributed by atoms with Crippen LogP contribution in [0.4, 0.5) is 0 Å². The summed E-state index contributed by atoms with van der Waals surface area (Å²) in [6.07, 6.45) is 1.53. The van der Waals surface area contributed by atoms with Gasteiger partial charge in [0.25, 0.3) is 11.8 Å². The number of thiophene rings is 1. The average molecular weight is 595 g/mol. The first kappa shape index (κ1) is 21.6. The van der Waals surface area contributed by atoms with Crippen molar-refractivity contribution in [3.8, 4) is 0 Å². The van der Waals surface area contributed by atoms with Gasteiger partial charge < -0.3 is 15.6 Å². The molecule has 0 aliphatic heterocycles. The second-order valence-electron chi connectivity index (χ2n) is 6.42. The molecule has 3 rings (SSSR count). The van der Waals surface area contributed by atoms with Crippen LogP contribution in [0.1, 0.15) is 39.9 Å². The quantitative estimate of drug-likeness (QED) is 0.247. The average Bonchev–Trinajstić information content (AvgIpc) is 3.21. The highest BCUT2D eigenvalue weighted by molar-refractivity contribution is 14.1. The van der Waals surface area contributed by atoms with Crippen molar-refractivity contribution in [2.75, 3.05) is 6.54 Å². The van der Waals surface area contributed by atoms with Gasteiger partial charge in [0.1, 0.15) is 5.69 Å². The Balaban J connectivity index is 1.43. The van der Waals surface area contributed by atoms with Crippen molar-refractivity contribution < 1.29 is 9.59 Å². The molecule has 2 heterocycles. The second kappa shape index (κ2) is 9.60. The van der Waals surface area contributed by atoms with E-state index in [0.717, 1.165) is 31.1 Å². The number of hydrogen-bond acceptors (Lipinski definition) is 3.